The summed E-state index contributed by atoms with van der Waals surface area (Å²) in [7, 11) is 19.0. The summed E-state index contributed by atoms with van der Waals surface area (Å²) in [5, 5.41) is 17.1. The van der Waals surface area contributed by atoms with Gasteiger partial charge < -0.3 is 81.2 Å². The van der Waals surface area contributed by atoms with E-state index < -0.39 is 0 Å². The summed E-state index contributed by atoms with van der Waals surface area (Å²) >= 11 is 0. The lowest BCUT2D eigenvalue weighted by Crippen LogP contribution is -2.46. The van der Waals surface area contributed by atoms with E-state index in [0.717, 1.165) is 272 Å². The highest BCUT2D eigenvalue weighted by atomic mass is 16.7. The minimum absolute atomic E-state index is 0.195. The van der Waals surface area contributed by atoms with Crippen LogP contribution in [0.1, 0.15) is 50.9 Å². The molecule has 1 unspecified atom stereocenters. The first-order valence-corrected chi connectivity index (χ1v) is 46.1. The molecule has 138 heavy (non-hydrogen) atoms. The Hall–Kier alpha value is -15.3. The molecule has 12 heterocycles. The second-order valence-corrected chi connectivity index (χ2v) is 33.9. The molecule has 17 aromatic rings. The third-order valence-electron chi connectivity index (χ3n) is 24.8. The number of piperidine rings is 1. The maximum absolute atomic E-state index is 5.92. The van der Waals surface area contributed by atoms with E-state index in [1.165, 1.54) is 11.4 Å². The molecule has 33 heteroatoms. The van der Waals surface area contributed by atoms with Crippen molar-refractivity contribution in [1.82, 2.24) is 88.5 Å². The van der Waals surface area contributed by atoms with Gasteiger partial charge in [-0.2, -0.15) is 20.4 Å². The number of benzene rings is 8. The highest BCUT2D eigenvalue weighted by Crippen LogP contribution is 2.42. The van der Waals surface area contributed by atoms with E-state index in [0.29, 0.717) is 13.2 Å². The second-order valence-electron chi connectivity index (χ2n) is 33.9. The number of hydrogen-bond donors (Lipinski definition) is 0. The fourth-order valence-corrected chi connectivity index (χ4v) is 17.0. The number of fused-ring (bicyclic) bond motifs is 4. The Balaban J connectivity index is 0.000000128. The summed E-state index contributed by atoms with van der Waals surface area (Å²) in [6.45, 7) is 18.2. The first kappa shape index (κ1) is 94.4. The Morgan fingerprint density at radius 3 is 0.986 bits per heavy atom. The SMILES string of the molecule is CCCCN(c1cc(OC)cc(OC)c1)c1ccc2ncc(-c3cnn(C)c3)nc2c1.CCn1cc(-c2cnc3ccc(N(CC4CO4)c4cc(OC)cc(OC)c4)cc3n2)cn1.COc1cc(OC)cc(N(CCN2CCC3(CC2)OCCO3)c2ccc3ncc(-c4cnn(C)c4)nc3c2)c1.COc1cc(OC)cc(N(CCn2c(C)ccc2C)c2ccc3ncc(-c4cnn(C)c4)nc3c2)c1. The monoisotopic (exact) mass is 1860 g/mol. The van der Waals surface area contributed by atoms with Crippen LogP contribution in [-0.2, 0) is 48.4 Å². The number of unbranched alkanes of at least 4 members (excludes halogenated alkanes) is 1. The van der Waals surface area contributed by atoms with E-state index in [9.17, 15) is 0 Å². The first-order valence-electron chi connectivity index (χ1n) is 46.1. The zero-order chi connectivity index (χ0) is 95.9. The zero-order valence-corrected chi connectivity index (χ0v) is 80.7. The minimum Gasteiger partial charge on any atom is -0.497 e. The molecule has 8 aromatic carbocycles. The third kappa shape index (κ3) is 22.4. The van der Waals surface area contributed by atoms with Crippen molar-refractivity contribution in [3.63, 3.8) is 0 Å². The maximum atomic E-state index is 5.92. The van der Waals surface area contributed by atoms with Gasteiger partial charge in [-0.1, -0.05) is 13.3 Å². The number of epoxide rings is 1. The minimum atomic E-state index is -0.376. The molecule has 0 N–H and O–H groups in total. The van der Waals surface area contributed by atoms with Crippen LogP contribution in [0.2, 0.25) is 0 Å². The van der Waals surface area contributed by atoms with E-state index in [-0.39, 0.29) is 11.9 Å². The molecule has 0 amide bonds. The van der Waals surface area contributed by atoms with Crippen molar-refractivity contribution >= 4 is 89.6 Å². The van der Waals surface area contributed by atoms with Gasteiger partial charge in [0.25, 0.3) is 0 Å². The van der Waals surface area contributed by atoms with Gasteiger partial charge in [0.05, 0.1) is 206 Å². The van der Waals surface area contributed by atoms with Crippen LogP contribution in [0.15, 0.2) is 232 Å². The first-order chi connectivity index (χ1) is 67.2. The predicted octanol–water partition coefficient (Wildman–Crippen LogP) is 18.4. The molecule has 0 saturated carbocycles. The van der Waals surface area contributed by atoms with E-state index in [1.54, 1.807) is 114 Å². The van der Waals surface area contributed by atoms with E-state index >= 15 is 0 Å². The molecule has 712 valence electrons. The van der Waals surface area contributed by atoms with Gasteiger partial charge in [-0.05, 0) is 112 Å². The lowest BCUT2D eigenvalue weighted by atomic mass is 10.0. The van der Waals surface area contributed by atoms with Crippen molar-refractivity contribution in [2.75, 3.05) is 142 Å². The molecule has 3 fully saturated rings. The van der Waals surface area contributed by atoms with Gasteiger partial charge in [-0.15, -0.1) is 0 Å². The number of aryl methyl sites for hydroxylation is 6. The van der Waals surface area contributed by atoms with E-state index in [1.807, 2.05) is 154 Å². The van der Waals surface area contributed by atoms with Crippen LogP contribution >= 0.6 is 0 Å². The Morgan fingerprint density at radius 2 is 0.674 bits per heavy atom. The Kier molecular flexibility index (Phi) is 29.5. The predicted molar refractivity (Wildman–Crippen MR) is 537 cm³/mol. The summed E-state index contributed by atoms with van der Waals surface area (Å²) in [5.41, 5.74) is 24.1. The third-order valence-corrected chi connectivity index (χ3v) is 24.8. The maximum Gasteiger partial charge on any atom is 0.170 e. The summed E-state index contributed by atoms with van der Waals surface area (Å²) in [5.74, 6) is 5.57. The number of ether oxygens (including phenoxy) is 11. The normalized spacial score (nSPS) is 13.7. The van der Waals surface area contributed by atoms with Gasteiger partial charge in [-0.25, -0.2) is 19.9 Å². The van der Waals surface area contributed by atoms with Crippen LogP contribution in [0.3, 0.4) is 0 Å². The van der Waals surface area contributed by atoms with Crippen LogP contribution in [0.4, 0.5) is 45.5 Å². The Morgan fingerprint density at radius 1 is 0.355 bits per heavy atom. The topological polar surface area (TPSA) is 300 Å². The molecule has 33 nitrogen and oxygen atoms in total. The number of nitrogens with zero attached hydrogens (tertiary/aromatic N) is 22. The molecule has 20 rings (SSSR count). The van der Waals surface area contributed by atoms with Crippen molar-refractivity contribution in [3.8, 4) is 91.0 Å². The number of methoxy groups -OCH3 is 8. The number of rotatable bonds is 32. The lowest BCUT2D eigenvalue weighted by molar-refractivity contribution is -0.184. The summed E-state index contributed by atoms with van der Waals surface area (Å²) in [6.07, 6.45) is 26.3. The van der Waals surface area contributed by atoms with Crippen molar-refractivity contribution in [3.05, 3.63) is 243 Å². The average Bonchev–Trinajstić information content (AvgIpc) is 1.29. The van der Waals surface area contributed by atoms with Crippen molar-refractivity contribution in [1.29, 1.82) is 0 Å². The molecule has 3 aliphatic rings. The fraction of sp³-hybridized carbons (Fsp3) is 0.314. The number of aromatic nitrogens is 17. The average molecular weight is 1860 g/mol. The zero-order valence-electron chi connectivity index (χ0n) is 80.7. The molecule has 3 aliphatic heterocycles. The highest BCUT2D eigenvalue weighted by molar-refractivity contribution is 5.87. The van der Waals surface area contributed by atoms with Gasteiger partial charge >= 0.3 is 0 Å². The molecule has 0 radical (unpaired) electrons. The van der Waals surface area contributed by atoms with Crippen molar-refractivity contribution in [2.45, 2.75) is 78.4 Å². The number of likely N-dealkylation sites (tertiary alicyclic amines) is 1. The number of hydrogen-bond acceptors (Lipinski definition) is 28. The highest BCUT2D eigenvalue weighted by Gasteiger charge is 2.40. The molecular weight excluding hydrogens is 1750 g/mol. The number of anilines is 8. The van der Waals surface area contributed by atoms with E-state index in [2.05, 4.69) is 158 Å². The van der Waals surface area contributed by atoms with Crippen LogP contribution in [-0.4, -0.2) is 223 Å². The van der Waals surface area contributed by atoms with Gasteiger partial charge in [0.2, 0.25) is 0 Å². The Bertz CT molecular complexity index is 6950. The molecule has 3 saturated heterocycles. The van der Waals surface area contributed by atoms with Crippen LogP contribution in [0.5, 0.6) is 46.0 Å². The molecule has 0 bridgehead atoms. The summed E-state index contributed by atoms with van der Waals surface area (Å²) < 4.78 is 71.1. The Labute approximate surface area is 802 Å². The van der Waals surface area contributed by atoms with Crippen LogP contribution in [0.25, 0.3) is 89.2 Å². The van der Waals surface area contributed by atoms with Gasteiger partial charge in [0, 0.05) is 263 Å². The summed E-state index contributed by atoms with van der Waals surface area (Å²) in [4.78, 5) is 49.6. The largest absolute Gasteiger partial charge is 0.497 e. The quantitative estimate of drug-likeness (QED) is 0.0354. The molecule has 1 atom stereocenters. The lowest BCUT2D eigenvalue weighted by Gasteiger charge is -2.38. The smallest absolute Gasteiger partial charge is 0.170 e. The van der Waals surface area contributed by atoms with Crippen molar-refractivity contribution < 1.29 is 52.1 Å². The molecule has 0 aliphatic carbocycles. The van der Waals surface area contributed by atoms with Crippen LogP contribution < -0.4 is 57.5 Å². The molecule has 1 spiro atoms. The second kappa shape index (κ2) is 43.1. The molecular formula is C105H116N22O11. The van der Waals surface area contributed by atoms with Crippen molar-refractivity contribution in [2.24, 2.45) is 21.1 Å². The van der Waals surface area contributed by atoms with Crippen LogP contribution in [0, 0.1) is 13.8 Å². The summed E-state index contributed by atoms with van der Waals surface area (Å²) in [6, 6.07) is 52.7. The van der Waals surface area contributed by atoms with Gasteiger partial charge in [0.1, 0.15) is 46.0 Å². The standard InChI is InChI=1S/C29H34N6O4.C28H30N6O2.C24H25N5O3.C24H27N5O2/c1-33-20-21(18-31-33)28-19-30-26-5-4-22(16-27(26)32-28)35(23-14-24(36-2)17-25(15-23)37-3)11-10-34-8-6-29(7-9-34)38-12-13-39-29;1-19-6-7-20(2)33(19)10-11-34(23-12-24(35-4)15-25(13-23)36-5)22-8-9-26-27(14-22)31-28(17-29-26)21-16-30-32(3)18-21;1-4-28-13-16(11-26-28)24-12-25-22-6-5-17(9-23(22)27-24)29(14-21-15-32-21)18-7-19(30-2)10-20(8-18)31-3;1-5-6-9-29(19-10-20(30-3)13-21(11-19)31-4)18-7-8-22-23(12-18)27-24(15-25-22)17-14-26-28(2)16-17/h4-5,14-20H,6-13H2,1-3H3;6-9,12-18H,10-11H2,1-5H3;5-13,21H,4,14-15H2,1-3H3;7-8,10-16H,5-6,9H2,1-4H3. The van der Waals surface area contributed by atoms with E-state index in [4.69, 9.17) is 72.0 Å². The molecule has 9 aromatic heterocycles. The fourth-order valence-electron chi connectivity index (χ4n) is 17.0. The van der Waals surface area contributed by atoms with Gasteiger partial charge in [-0.3, -0.25) is 38.7 Å². The van der Waals surface area contributed by atoms with Gasteiger partial charge in [0.15, 0.2) is 5.79 Å².